The van der Waals surface area contributed by atoms with Gasteiger partial charge in [-0.1, -0.05) is 11.3 Å². The predicted molar refractivity (Wildman–Crippen MR) is 98.9 cm³/mol. The van der Waals surface area contributed by atoms with Crippen molar-refractivity contribution in [2.45, 2.75) is 18.9 Å². The van der Waals surface area contributed by atoms with E-state index in [9.17, 15) is 4.79 Å². The lowest BCUT2D eigenvalue weighted by Gasteiger charge is -2.31. The van der Waals surface area contributed by atoms with Gasteiger partial charge in [-0.3, -0.25) is 9.48 Å². The molecule has 1 amide bonds. The molecule has 3 heterocycles. The maximum absolute atomic E-state index is 12.4. The zero-order valence-electron chi connectivity index (χ0n) is 14.7. The zero-order valence-corrected chi connectivity index (χ0v) is 15.5. The second-order valence-corrected chi connectivity index (χ2v) is 7.29. The van der Waals surface area contributed by atoms with Crippen molar-refractivity contribution in [3.8, 4) is 10.9 Å². The molecule has 0 radical (unpaired) electrons. The van der Waals surface area contributed by atoms with E-state index in [0.29, 0.717) is 24.0 Å². The van der Waals surface area contributed by atoms with Gasteiger partial charge in [0.05, 0.1) is 17.3 Å². The number of benzene rings is 1. The fourth-order valence-electron chi connectivity index (χ4n) is 3.07. The fraction of sp³-hybridized carbons (Fsp3) is 0.389. The van der Waals surface area contributed by atoms with E-state index in [2.05, 4.69) is 10.1 Å². The summed E-state index contributed by atoms with van der Waals surface area (Å²) in [5.74, 6) is 0.770. The van der Waals surface area contributed by atoms with Gasteiger partial charge in [0.1, 0.15) is 17.5 Å². The number of ether oxygens (including phenoxy) is 2. The molecule has 0 unspecified atom stereocenters. The number of rotatable bonds is 4. The molecule has 2 aromatic heterocycles. The molecule has 0 saturated carbocycles. The molecule has 0 atom stereocenters. The standard InChI is InChI=1S/C18H20N4O3S/c1-21-8-7-14(20-21)17(23)22-9-5-12(6-10-22)25-18-19-15-11-13(24-2)3-4-16(15)26-18/h3-4,7-8,11-12H,5-6,9-10H2,1-2H3. The van der Waals surface area contributed by atoms with Crippen molar-refractivity contribution in [1.82, 2.24) is 19.7 Å². The Kier molecular flexibility index (Phi) is 4.50. The number of amides is 1. The summed E-state index contributed by atoms with van der Waals surface area (Å²) in [6.45, 7) is 1.33. The lowest BCUT2D eigenvalue weighted by molar-refractivity contribution is 0.0589. The van der Waals surface area contributed by atoms with Crippen LogP contribution in [0.3, 0.4) is 0 Å². The molecule has 0 spiro atoms. The molecule has 1 aliphatic rings. The fourth-order valence-corrected chi connectivity index (χ4v) is 3.94. The van der Waals surface area contributed by atoms with Gasteiger partial charge in [0.15, 0.2) is 0 Å². The van der Waals surface area contributed by atoms with Gasteiger partial charge in [-0.05, 0) is 18.2 Å². The molecule has 26 heavy (non-hydrogen) atoms. The molecule has 8 heteroatoms. The van der Waals surface area contributed by atoms with Crippen LogP contribution in [0.5, 0.6) is 10.9 Å². The normalized spacial score (nSPS) is 15.4. The Morgan fingerprint density at radius 3 is 2.77 bits per heavy atom. The first-order valence-electron chi connectivity index (χ1n) is 8.52. The van der Waals surface area contributed by atoms with Gasteiger partial charge in [-0.25, -0.2) is 4.98 Å². The first-order chi connectivity index (χ1) is 12.6. The second-order valence-electron chi connectivity index (χ2n) is 6.30. The molecule has 136 valence electrons. The van der Waals surface area contributed by atoms with E-state index in [1.54, 1.807) is 24.1 Å². The summed E-state index contributed by atoms with van der Waals surface area (Å²) in [6, 6.07) is 7.58. The number of fused-ring (bicyclic) bond motifs is 1. The Bertz CT molecular complexity index is 928. The third-order valence-corrected chi connectivity index (χ3v) is 5.43. The SMILES string of the molecule is COc1ccc2sc(OC3CCN(C(=O)c4ccn(C)n4)CC3)nc2c1. The number of likely N-dealkylation sites (tertiary alicyclic amines) is 1. The Hall–Kier alpha value is -2.61. The van der Waals surface area contributed by atoms with Crippen molar-refractivity contribution in [2.24, 2.45) is 7.05 Å². The highest BCUT2D eigenvalue weighted by Gasteiger charge is 2.26. The minimum absolute atomic E-state index is 0.0175. The molecule has 3 aromatic rings. The maximum atomic E-state index is 12.4. The number of methoxy groups -OCH3 is 1. The van der Waals surface area contributed by atoms with E-state index < -0.39 is 0 Å². The Morgan fingerprint density at radius 1 is 1.27 bits per heavy atom. The van der Waals surface area contributed by atoms with Crippen LogP contribution in [0, 0.1) is 0 Å². The molecule has 1 fully saturated rings. The average Bonchev–Trinajstić information content (AvgIpc) is 3.26. The summed E-state index contributed by atoms with van der Waals surface area (Å²) < 4.78 is 14.0. The van der Waals surface area contributed by atoms with E-state index in [0.717, 1.165) is 28.8 Å². The van der Waals surface area contributed by atoms with Gasteiger partial charge in [0, 0.05) is 45.2 Å². The topological polar surface area (TPSA) is 69.5 Å². The number of piperidine rings is 1. The number of nitrogens with zero attached hydrogens (tertiary/aromatic N) is 4. The number of carbonyl (C=O) groups is 1. The lowest BCUT2D eigenvalue weighted by Crippen LogP contribution is -2.42. The molecule has 0 N–H and O–H groups in total. The summed E-state index contributed by atoms with van der Waals surface area (Å²) >= 11 is 1.53. The molecule has 1 aromatic carbocycles. The van der Waals surface area contributed by atoms with E-state index in [1.165, 1.54) is 11.3 Å². The second kappa shape index (κ2) is 6.95. The molecular weight excluding hydrogens is 352 g/mol. The van der Waals surface area contributed by atoms with E-state index in [4.69, 9.17) is 9.47 Å². The molecule has 0 aliphatic carbocycles. The average molecular weight is 372 g/mol. The molecule has 1 aliphatic heterocycles. The minimum Gasteiger partial charge on any atom is -0.497 e. The smallest absolute Gasteiger partial charge is 0.274 e. The largest absolute Gasteiger partial charge is 0.497 e. The van der Waals surface area contributed by atoms with Crippen molar-refractivity contribution >= 4 is 27.5 Å². The lowest BCUT2D eigenvalue weighted by atomic mass is 10.1. The number of carbonyl (C=O) groups excluding carboxylic acids is 1. The third kappa shape index (κ3) is 3.37. The van der Waals surface area contributed by atoms with Crippen molar-refractivity contribution < 1.29 is 14.3 Å². The summed E-state index contributed by atoms with van der Waals surface area (Å²) in [4.78, 5) is 18.8. The van der Waals surface area contributed by atoms with Crippen LogP contribution in [-0.4, -0.2) is 51.9 Å². The summed E-state index contributed by atoms with van der Waals surface area (Å²) in [6.07, 6.45) is 3.44. The molecular formula is C18H20N4O3S. The minimum atomic E-state index is -0.0175. The van der Waals surface area contributed by atoms with Gasteiger partial charge in [-0.2, -0.15) is 5.10 Å². The van der Waals surface area contributed by atoms with Gasteiger partial charge in [0.25, 0.3) is 11.1 Å². The molecule has 4 rings (SSSR count). The Balaban J connectivity index is 1.37. The Morgan fingerprint density at radius 2 is 2.08 bits per heavy atom. The predicted octanol–water partition coefficient (Wildman–Crippen LogP) is 2.72. The van der Waals surface area contributed by atoms with Gasteiger partial charge < -0.3 is 14.4 Å². The van der Waals surface area contributed by atoms with E-state index in [-0.39, 0.29) is 12.0 Å². The summed E-state index contributed by atoms with van der Waals surface area (Å²) in [5.41, 5.74) is 1.37. The van der Waals surface area contributed by atoms with Crippen LogP contribution in [0.25, 0.3) is 10.2 Å². The van der Waals surface area contributed by atoms with Crippen molar-refractivity contribution in [2.75, 3.05) is 20.2 Å². The van der Waals surface area contributed by atoms with E-state index >= 15 is 0 Å². The van der Waals surface area contributed by atoms with E-state index in [1.807, 2.05) is 30.1 Å². The quantitative estimate of drug-likeness (QED) is 0.704. The molecule has 1 saturated heterocycles. The third-order valence-electron chi connectivity index (χ3n) is 4.50. The summed E-state index contributed by atoms with van der Waals surface area (Å²) in [5, 5.41) is 4.86. The van der Waals surface area contributed by atoms with Crippen LogP contribution in [0.2, 0.25) is 0 Å². The van der Waals surface area contributed by atoms with Crippen molar-refractivity contribution in [1.29, 1.82) is 0 Å². The highest BCUT2D eigenvalue weighted by Crippen LogP contribution is 2.32. The number of hydrogen-bond acceptors (Lipinski definition) is 6. The van der Waals surface area contributed by atoms with Gasteiger partial charge in [0.2, 0.25) is 0 Å². The van der Waals surface area contributed by atoms with Crippen LogP contribution in [-0.2, 0) is 7.05 Å². The van der Waals surface area contributed by atoms with Crippen molar-refractivity contribution in [3.63, 3.8) is 0 Å². The van der Waals surface area contributed by atoms with Crippen LogP contribution >= 0.6 is 11.3 Å². The highest BCUT2D eigenvalue weighted by molar-refractivity contribution is 7.20. The number of aryl methyl sites for hydroxylation is 1. The van der Waals surface area contributed by atoms with Gasteiger partial charge >= 0.3 is 0 Å². The molecule has 0 bridgehead atoms. The monoisotopic (exact) mass is 372 g/mol. The van der Waals surface area contributed by atoms with Crippen LogP contribution in [0.1, 0.15) is 23.3 Å². The number of thiazole rings is 1. The number of aromatic nitrogens is 3. The maximum Gasteiger partial charge on any atom is 0.274 e. The molecule has 7 nitrogen and oxygen atoms in total. The van der Waals surface area contributed by atoms with Gasteiger partial charge in [-0.15, -0.1) is 0 Å². The summed E-state index contributed by atoms with van der Waals surface area (Å²) in [7, 11) is 3.45. The highest BCUT2D eigenvalue weighted by atomic mass is 32.1. The van der Waals surface area contributed by atoms with Crippen LogP contribution in [0.4, 0.5) is 0 Å². The van der Waals surface area contributed by atoms with Crippen LogP contribution in [0.15, 0.2) is 30.5 Å². The first kappa shape index (κ1) is 16.8. The number of hydrogen-bond donors (Lipinski definition) is 0. The zero-order chi connectivity index (χ0) is 18.1. The first-order valence-corrected chi connectivity index (χ1v) is 9.34. The van der Waals surface area contributed by atoms with Crippen molar-refractivity contribution in [3.05, 3.63) is 36.2 Å². The van der Waals surface area contributed by atoms with Crippen LogP contribution < -0.4 is 9.47 Å². The Labute approximate surface area is 155 Å².